The van der Waals surface area contributed by atoms with E-state index in [1.54, 1.807) is 0 Å². The normalized spacial score (nSPS) is 11.6. The summed E-state index contributed by atoms with van der Waals surface area (Å²) in [6.45, 7) is 0. The largest absolute Gasteiger partial charge is 0.453 e. The van der Waals surface area contributed by atoms with Crippen molar-refractivity contribution < 1.29 is 4.42 Å². The molecule has 0 unspecified atom stereocenters. The molecule has 0 aliphatic carbocycles. The summed E-state index contributed by atoms with van der Waals surface area (Å²) in [6.07, 6.45) is 0. The van der Waals surface area contributed by atoms with Gasteiger partial charge in [0.15, 0.2) is 5.58 Å². The van der Waals surface area contributed by atoms with Crippen LogP contribution in [0.15, 0.2) is 235 Å². The first kappa shape index (κ1) is 34.9. The molecular weight excluding hydrogens is 741 g/mol. The first-order chi connectivity index (χ1) is 30.3. The van der Waals surface area contributed by atoms with Crippen LogP contribution in [0.2, 0.25) is 0 Å². The number of benzene rings is 10. The fourth-order valence-electron chi connectivity index (χ4n) is 9.31. The second-order valence-electron chi connectivity index (χ2n) is 15.7. The smallest absolute Gasteiger partial charge is 0.159 e. The predicted octanol–water partition coefficient (Wildman–Crippen LogP) is 16.3. The number of fused-ring (bicyclic) bond motifs is 8. The van der Waals surface area contributed by atoms with E-state index in [-0.39, 0.29) is 0 Å². The lowest BCUT2D eigenvalue weighted by atomic mass is 9.97. The van der Waals surface area contributed by atoms with Crippen LogP contribution in [0.3, 0.4) is 0 Å². The molecule has 3 heteroatoms. The van der Waals surface area contributed by atoms with E-state index in [2.05, 4.69) is 240 Å². The summed E-state index contributed by atoms with van der Waals surface area (Å²) in [5.41, 5.74) is 15.4. The zero-order valence-electron chi connectivity index (χ0n) is 33.2. The van der Waals surface area contributed by atoms with Crippen LogP contribution >= 0.6 is 0 Å². The van der Waals surface area contributed by atoms with Crippen LogP contribution in [0.1, 0.15) is 0 Å². The molecule has 0 bridgehead atoms. The van der Waals surface area contributed by atoms with E-state index in [9.17, 15) is 0 Å². The Morgan fingerprint density at radius 3 is 1.77 bits per heavy atom. The van der Waals surface area contributed by atoms with Crippen LogP contribution in [0.25, 0.3) is 93.6 Å². The Labute approximate surface area is 353 Å². The number of nitrogens with zero attached hydrogens (tertiary/aromatic N) is 2. The number of anilines is 3. The van der Waals surface area contributed by atoms with Gasteiger partial charge in [0.1, 0.15) is 5.58 Å². The highest BCUT2D eigenvalue weighted by Gasteiger charge is 2.23. The quantitative estimate of drug-likeness (QED) is 0.161. The highest BCUT2D eigenvalue weighted by atomic mass is 16.3. The third-order valence-electron chi connectivity index (χ3n) is 12.2. The first-order valence-corrected chi connectivity index (χ1v) is 20.8. The Morgan fingerprint density at radius 1 is 0.328 bits per heavy atom. The second kappa shape index (κ2) is 14.3. The summed E-state index contributed by atoms with van der Waals surface area (Å²) >= 11 is 0. The highest BCUT2D eigenvalue weighted by Crippen LogP contribution is 2.46. The van der Waals surface area contributed by atoms with Crippen LogP contribution < -0.4 is 4.90 Å². The lowest BCUT2D eigenvalue weighted by Crippen LogP contribution is -2.11. The molecule has 0 aliphatic rings. The first-order valence-electron chi connectivity index (χ1n) is 20.8. The van der Waals surface area contributed by atoms with Crippen molar-refractivity contribution in [2.45, 2.75) is 0 Å². The summed E-state index contributed by atoms with van der Waals surface area (Å²) < 4.78 is 9.31. The van der Waals surface area contributed by atoms with Crippen molar-refractivity contribution in [3.63, 3.8) is 0 Å². The van der Waals surface area contributed by atoms with Gasteiger partial charge in [-0.3, -0.25) is 0 Å². The molecule has 286 valence electrons. The highest BCUT2D eigenvalue weighted by molar-refractivity contribution is 6.18. The van der Waals surface area contributed by atoms with Crippen LogP contribution in [0, 0.1) is 0 Å². The standard InChI is InChI=1S/C58H38N2O/c1-3-15-40(16-4-1)47-22-9-11-26-53(47)60(56-28-14-25-50-51-35-31-41-17-7-8-23-48(41)57(51)61-58(50)56)46-33-29-39(30-34-46)42-18-13-19-43(37-42)44-32-36-55-52(38-44)49-24-10-12-27-54(49)59(55)45-20-5-2-6-21-45/h1-38H. The van der Waals surface area contributed by atoms with E-state index in [1.807, 2.05) is 0 Å². The molecule has 0 amide bonds. The third kappa shape index (κ3) is 5.82. The van der Waals surface area contributed by atoms with Gasteiger partial charge in [-0.2, -0.15) is 0 Å². The van der Waals surface area contributed by atoms with Gasteiger partial charge < -0.3 is 13.9 Å². The fourth-order valence-corrected chi connectivity index (χ4v) is 9.31. The minimum Gasteiger partial charge on any atom is -0.453 e. The van der Waals surface area contributed by atoms with Crippen molar-refractivity contribution in [1.82, 2.24) is 4.57 Å². The minimum absolute atomic E-state index is 0.859. The maximum Gasteiger partial charge on any atom is 0.159 e. The van der Waals surface area contributed by atoms with Crippen LogP contribution in [0.4, 0.5) is 17.1 Å². The van der Waals surface area contributed by atoms with Crippen LogP contribution in [-0.4, -0.2) is 4.57 Å². The predicted molar refractivity (Wildman–Crippen MR) is 257 cm³/mol. The molecule has 61 heavy (non-hydrogen) atoms. The molecule has 2 heterocycles. The van der Waals surface area contributed by atoms with Gasteiger partial charge in [0, 0.05) is 43.9 Å². The molecule has 10 aromatic carbocycles. The summed E-state index contributed by atoms with van der Waals surface area (Å²) in [7, 11) is 0. The number of hydrogen-bond acceptors (Lipinski definition) is 2. The van der Waals surface area contributed by atoms with Gasteiger partial charge in [0.05, 0.1) is 22.4 Å². The summed E-state index contributed by atoms with van der Waals surface area (Å²) in [5, 5.41) is 6.98. The minimum atomic E-state index is 0.859. The molecule has 0 fully saturated rings. The second-order valence-corrected chi connectivity index (χ2v) is 15.7. The zero-order valence-corrected chi connectivity index (χ0v) is 33.2. The summed E-state index contributed by atoms with van der Waals surface area (Å²) in [4.78, 5) is 2.36. The molecular formula is C58H38N2O. The molecule has 2 aromatic heterocycles. The molecule has 0 spiro atoms. The molecule has 0 aliphatic heterocycles. The monoisotopic (exact) mass is 778 g/mol. The van der Waals surface area contributed by atoms with E-state index in [1.165, 1.54) is 38.5 Å². The molecule has 12 aromatic rings. The van der Waals surface area contributed by atoms with Gasteiger partial charge in [-0.05, 0) is 99.9 Å². The average molecular weight is 779 g/mol. The topological polar surface area (TPSA) is 21.3 Å². The molecule has 0 N–H and O–H groups in total. The number of rotatable bonds is 7. The molecule has 0 radical (unpaired) electrons. The van der Waals surface area contributed by atoms with E-state index in [0.717, 1.165) is 72.2 Å². The van der Waals surface area contributed by atoms with E-state index < -0.39 is 0 Å². The van der Waals surface area contributed by atoms with Gasteiger partial charge >= 0.3 is 0 Å². The molecule has 0 saturated heterocycles. The number of para-hydroxylation sites is 4. The molecule has 0 saturated carbocycles. The lowest BCUT2D eigenvalue weighted by Gasteiger charge is -2.28. The van der Waals surface area contributed by atoms with Crippen molar-refractivity contribution >= 4 is 71.6 Å². The molecule has 12 rings (SSSR count). The van der Waals surface area contributed by atoms with Crippen LogP contribution in [-0.2, 0) is 0 Å². The molecule has 0 atom stereocenters. The van der Waals surface area contributed by atoms with Crippen LogP contribution in [0.5, 0.6) is 0 Å². The van der Waals surface area contributed by atoms with Crippen molar-refractivity contribution in [3.05, 3.63) is 231 Å². The summed E-state index contributed by atoms with van der Waals surface area (Å²) in [5.74, 6) is 0. The van der Waals surface area contributed by atoms with E-state index in [4.69, 9.17) is 4.42 Å². The maximum atomic E-state index is 6.95. The third-order valence-corrected chi connectivity index (χ3v) is 12.2. The fraction of sp³-hybridized carbons (Fsp3) is 0. The van der Waals surface area contributed by atoms with Crippen molar-refractivity contribution in [2.24, 2.45) is 0 Å². The average Bonchev–Trinajstić information content (AvgIpc) is 3.89. The van der Waals surface area contributed by atoms with E-state index >= 15 is 0 Å². The van der Waals surface area contributed by atoms with E-state index in [0.29, 0.717) is 0 Å². The van der Waals surface area contributed by atoms with Crippen molar-refractivity contribution in [2.75, 3.05) is 4.90 Å². The van der Waals surface area contributed by atoms with Crippen molar-refractivity contribution in [1.29, 1.82) is 0 Å². The Morgan fingerprint density at radius 2 is 0.918 bits per heavy atom. The Hall–Kier alpha value is -8.14. The number of furan rings is 1. The van der Waals surface area contributed by atoms with Gasteiger partial charge in [-0.1, -0.05) is 164 Å². The zero-order chi connectivity index (χ0) is 40.3. The molecule has 3 nitrogen and oxygen atoms in total. The summed E-state index contributed by atoms with van der Waals surface area (Å²) in [6, 6.07) is 82.7. The number of hydrogen-bond donors (Lipinski definition) is 0. The van der Waals surface area contributed by atoms with Gasteiger partial charge in [-0.25, -0.2) is 0 Å². The van der Waals surface area contributed by atoms with Gasteiger partial charge in [-0.15, -0.1) is 0 Å². The van der Waals surface area contributed by atoms with Gasteiger partial charge in [0.25, 0.3) is 0 Å². The Bertz CT molecular complexity index is 3580. The van der Waals surface area contributed by atoms with Crippen molar-refractivity contribution in [3.8, 4) is 39.1 Å². The van der Waals surface area contributed by atoms with Gasteiger partial charge in [0.2, 0.25) is 0 Å². The Kier molecular flexibility index (Phi) is 8.17. The number of aromatic nitrogens is 1. The lowest BCUT2D eigenvalue weighted by molar-refractivity contribution is 0.673. The SMILES string of the molecule is c1ccc(-c2ccccc2N(c2ccc(-c3cccc(-c4ccc5c(c4)c4ccccc4n5-c4ccccc4)c3)cc2)c2cccc3c2oc2c4ccccc4ccc32)cc1. The Balaban J connectivity index is 0.973. The maximum absolute atomic E-state index is 6.95.